The average Bonchev–Trinajstić information content (AvgIpc) is 2.62. The molecular weight excluding hydrogens is 446 g/mol. The van der Waals surface area contributed by atoms with Gasteiger partial charge >= 0.3 is 0 Å². The predicted octanol–water partition coefficient (Wildman–Crippen LogP) is 3.35. The molecule has 0 aliphatic heterocycles. The molecule has 0 fully saturated rings. The molecule has 0 aliphatic carbocycles. The van der Waals surface area contributed by atoms with E-state index in [1.165, 1.54) is 17.7 Å². The molecule has 0 aliphatic rings. The van der Waals surface area contributed by atoms with Crippen molar-refractivity contribution >= 4 is 41.5 Å². The zero-order chi connectivity index (χ0) is 18.1. The Kier molecular flexibility index (Phi) is 9.64. The van der Waals surface area contributed by atoms with Gasteiger partial charge in [0.1, 0.15) is 5.82 Å². The number of anilines is 1. The van der Waals surface area contributed by atoms with Crippen molar-refractivity contribution in [2.45, 2.75) is 12.8 Å². The molecule has 2 aromatic rings. The van der Waals surface area contributed by atoms with Gasteiger partial charge in [0.2, 0.25) is 5.91 Å². The molecule has 1 amide bonds. The summed E-state index contributed by atoms with van der Waals surface area (Å²) in [6.45, 7) is 2.84. The van der Waals surface area contributed by atoms with Gasteiger partial charge in [0, 0.05) is 19.3 Å². The molecule has 0 spiro atoms. The molecule has 0 bridgehead atoms. The van der Waals surface area contributed by atoms with Gasteiger partial charge in [0.15, 0.2) is 5.96 Å². The summed E-state index contributed by atoms with van der Waals surface area (Å²) in [7, 11) is 1.65. The summed E-state index contributed by atoms with van der Waals surface area (Å²) in [6.07, 6.45) is 0. The Morgan fingerprint density at radius 2 is 1.85 bits per heavy atom. The molecule has 2 aromatic carbocycles. The number of nitrogens with one attached hydrogen (secondary N) is 3. The second-order valence-electron chi connectivity index (χ2n) is 5.68. The number of aliphatic imine (C=N–C) groups is 1. The van der Waals surface area contributed by atoms with Crippen molar-refractivity contribution in [1.82, 2.24) is 10.6 Å². The lowest BCUT2D eigenvalue weighted by atomic mass is 10.0. The van der Waals surface area contributed by atoms with Crippen molar-refractivity contribution in [3.8, 4) is 0 Å². The van der Waals surface area contributed by atoms with Crippen LogP contribution in [0.1, 0.15) is 18.4 Å². The van der Waals surface area contributed by atoms with Crippen LogP contribution in [-0.2, 0) is 4.79 Å². The Bertz CT molecular complexity index is 724. The SMILES string of the molecule is CN=C(NCC(=O)Nc1cccc(F)c1)NCC(C)c1ccccc1.I. The fourth-order valence-electron chi connectivity index (χ4n) is 2.31. The first-order valence-electron chi connectivity index (χ1n) is 8.13. The number of rotatable bonds is 6. The van der Waals surface area contributed by atoms with Crippen molar-refractivity contribution in [2.75, 3.05) is 25.5 Å². The van der Waals surface area contributed by atoms with E-state index in [2.05, 4.69) is 40.0 Å². The highest BCUT2D eigenvalue weighted by atomic mass is 127. The highest BCUT2D eigenvalue weighted by Gasteiger charge is 2.08. The first-order valence-corrected chi connectivity index (χ1v) is 8.13. The van der Waals surface area contributed by atoms with Crippen LogP contribution in [0.15, 0.2) is 59.6 Å². The van der Waals surface area contributed by atoms with E-state index in [1.807, 2.05) is 18.2 Å². The molecule has 1 atom stereocenters. The minimum Gasteiger partial charge on any atom is -0.356 e. The summed E-state index contributed by atoms with van der Waals surface area (Å²) in [6, 6.07) is 15.9. The lowest BCUT2D eigenvalue weighted by molar-refractivity contribution is -0.115. The maximum Gasteiger partial charge on any atom is 0.243 e. The molecule has 0 heterocycles. The smallest absolute Gasteiger partial charge is 0.243 e. The largest absolute Gasteiger partial charge is 0.356 e. The Labute approximate surface area is 170 Å². The Morgan fingerprint density at radius 1 is 1.12 bits per heavy atom. The van der Waals surface area contributed by atoms with Gasteiger partial charge in [0.25, 0.3) is 0 Å². The first-order chi connectivity index (χ1) is 12.1. The fraction of sp³-hybridized carbons (Fsp3) is 0.263. The fourth-order valence-corrected chi connectivity index (χ4v) is 2.31. The van der Waals surface area contributed by atoms with Gasteiger partial charge in [-0.1, -0.05) is 43.3 Å². The Balaban J connectivity index is 0.00000338. The number of hydrogen-bond donors (Lipinski definition) is 3. The monoisotopic (exact) mass is 470 g/mol. The van der Waals surface area contributed by atoms with Crippen molar-refractivity contribution in [1.29, 1.82) is 0 Å². The van der Waals surface area contributed by atoms with Crippen molar-refractivity contribution in [3.05, 3.63) is 66.0 Å². The molecule has 26 heavy (non-hydrogen) atoms. The van der Waals surface area contributed by atoms with Gasteiger partial charge < -0.3 is 16.0 Å². The standard InChI is InChI=1S/C19H23FN4O.HI/c1-14(15-7-4-3-5-8-15)12-22-19(21-2)23-13-18(25)24-17-10-6-9-16(20)11-17;/h3-11,14H,12-13H2,1-2H3,(H,24,25)(H2,21,22,23);1H. The van der Waals surface area contributed by atoms with E-state index in [9.17, 15) is 9.18 Å². The van der Waals surface area contributed by atoms with Crippen LogP contribution >= 0.6 is 24.0 Å². The summed E-state index contributed by atoms with van der Waals surface area (Å²) in [5, 5.41) is 8.77. The van der Waals surface area contributed by atoms with Crippen molar-refractivity contribution < 1.29 is 9.18 Å². The molecule has 2 rings (SSSR count). The van der Waals surface area contributed by atoms with Gasteiger partial charge in [-0.15, -0.1) is 24.0 Å². The van der Waals surface area contributed by atoms with Crippen molar-refractivity contribution in [2.24, 2.45) is 4.99 Å². The normalized spacial score (nSPS) is 11.9. The number of hydrogen-bond acceptors (Lipinski definition) is 2. The van der Waals surface area contributed by atoms with Gasteiger partial charge in [-0.3, -0.25) is 9.79 Å². The highest BCUT2D eigenvalue weighted by molar-refractivity contribution is 14.0. The maximum atomic E-state index is 13.1. The number of nitrogens with zero attached hydrogens (tertiary/aromatic N) is 1. The predicted molar refractivity (Wildman–Crippen MR) is 115 cm³/mol. The molecule has 0 aromatic heterocycles. The summed E-state index contributed by atoms with van der Waals surface area (Å²) >= 11 is 0. The van der Waals surface area contributed by atoms with Crippen LogP contribution in [0.25, 0.3) is 0 Å². The lowest BCUT2D eigenvalue weighted by Crippen LogP contribution is -2.42. The van der Waals surface area contributed by atoms with Crippen LogP contribution in [0, 0.1) is 5.82 Å². The number of carbonyl (C=O) groups excluding carboxylic acids is 1. The van der Waals surface area contributed by atoms with Gasteiger partial charge in [-0.2, -0.15) is 0 Å². The summed E-state index contributed by atoms with van der Waals surface area (Å²) in [5.41, 5.74) is 1.65. The summed E-state index contributed by atoms with van der Waals surface area (Å²) < 4.78 is 13.1. The minimum absolute atomic E-state index is 0. The van der Waals surface area contributed by atoms with Crippen LogP contribution in [0.4, 0.5) is 10.1 Å². The molecular formula is C19H24FIN4O. The molecule has 5 nitrogen and oxygen atoms in total. The second kappa shape index (κ2) is 11.5. The summed E-state index contributed by atoms with van der Waals surface area (Å²) in [5.74, 6) is 0.181. The van der Waals surface area contributed by atoms with Crippen molar-refractivity contribution in [3.63, 3.8) is 0 Å². The zero-order valence-corrected chi connectivity index (χ0v) is 17.2. The highest BCUT2D eigenvalue weighted by Crippen LogP contribution is 2.12. The van der Waals surface area contributed by atoms with Gasteiger partial charge in [-0.05, 0) is 29.7 Å². The number of benzene rings is 2. The van der Waals surface area contributed by atoms with Crippen LogP contribution in [0.3, 0.4) is 0 Å². The lowest BCUT2D eigenvalue weighted by Gasteiger charge is -2.16. The molecule has 0 saturated heterocycles. The topological polar surface area (TPSA) is 65.5 Å². The number of amides is 1. The van der Waals surface area contributed by atoms with Gasteiger partial charge in [0.05, 0.1) is 6.54 Å². The average molecular weight is 470 g/mol. The maximum absolute atomic E-state index is 13.1. The van der Waals surface area contributed by atoms with E-state index in [-0.39, 0.29) is 36.4 Å². The second-order valence-corrected chi connectivity index (χ2v) is 5.68. The van der Waals surface area contributed by atoms with E-state index in [4.69, 9.17) is 0 Å². The first kappa shape index (κ1) is 21.9. The quantitative estimate of drug-likeness (QED) is 0.345. The van der Waals surface area contributed by atoms with E-state index in [0.29, 0.717) is 24.1 Å². The summed E-state index contributed by atoms with van der Waals surface area (Å²) in [4.78, 5) is 16.0. The van der Waals surface area contributed by atoms with E-state index < -0.39 is 5.82 Å². The Hall–Kier alpha value is -2.16. The van der Waals surface area contributed by atoms with Gasteiger partial charge in [-0.25, -0.2) is 4.39 Å². The van der Waals surface area contributed by atoms with Crippen LogP contribution in [0.2, 0.25) is 0 Å². The molecule has 7 heteroatoms. The third-order valence-corrected chi connectivity index (χ3v) is 3.69. The van der Waals surface area contributed by atoms with E-state index in [1.54, 1.807) is 19.2 Å². The minimum atomic E-state index is -0.391. The molecule has 3 N–H and O–H groups in total. The van der Waals surface area contributed by atoms with E-state index >= 15 is 0 Å². The number of carbonyl (C=O) groups is 1. The van der Waals surface area contributed by atoms with Crippen LogP contribution in [0.5, 0.6) is 0 Å². The third-order valence-electron chi connectivity index (χ3n) is 3.69. The van der Waals surface area contributed by atoms with Crippen LogP contribution in [-0.4, -0.2) is 32.0 Å². The molecule has 140 valence electrons. The molecule has 0 radical (unpaired) electrons. The van der Waals surface area contributed by atoms with E-state index in [0.717, 1.165) is 0 Å². The number of guanidine groups is 1. The molecule has 0 saturated carbocycles. The molecule has 1 unspecified atom stereocenters. The van der Waals surface area contributed by atoms with Crippen LogP contribution < -0.4 is 16.0 Å². The number of halogens is 2. The zero-order valence-electron chi connectivity index (χ0n) is 14.8. The Morgan fingerprint density at radius 3 is 2.50 bits per heavy atom. The third kappa shape index (κ3) is 7.38.